The molecule has 0 radical (unpaired) electrons. The summed E-state index contributed by atoms with van der Waals surface area (Å²) >= 11 is 1.19. The van der Waals surface area contributed by atoms with Crippen LogP contribution in [0.4, 0.5) is 23.1 Å². The minimum Gasteiger partial charge on any atom is -0.318 e. The van der Waals surface area contributed by atoms with E-state index in [-0.39, 0.29) is 18.4 Å². The zero-order chi connectivity index (χ0) is 23.6. The number of hydrogen-bond donors (Lipinski definition) is 0. The number of aromatic nitrogens is 2. The monoisotopic (exact) mass is 474 g/mol. The summed E-state index contributed by atoms with van der Waals surface area (Å²) in [5.74, 6) is -0.0339. The molecule has 33 heavy (non-hydrogen) atoms. The summed E-state index contributed by atoms with van der Waals surface area (Å²) in [5, 5.41) is 0.456. The van der Waals surface area contributed by atoms with Crippen LogP contribution in [0.15, 0.2) is 48.8 Å². The first-order valence-electron chi connectivity index (χ1n) is 10.3. The molecule has 0 unspecified atom stereocenters. The highest BCUT2D eigenvalue weighted by atomic mass is 32.1. The van der Waals surface area contributed by atoms with E-state index in [9.17, 15) is 22.8 Å². The molecule has 4 rings (SSSR count). The Morgan fingerprint density at radius 3 is 2.55 bits per heavy atom. The van der Waals surface area contributed by atoms with Gasteiger partial charge < -0.3 is 4.90 Å². The highest BCUT2D eigenvalue weighted by Crippen LogP contribution is 2.31. The minimum atomic E-state index is -4.39. The number of benzene rings is 1. The van der Waals surface area contributed by atoms with Gasteiger partial charge in [-0.1, -0.05) is 29.5 Å². The summed E-state index contributed by atoms with van der Waals surface area (Å²) in [6.45, 7) is 2.77. The molecule has 0 N–H and O–H groups in total. The number of aryl methyl sites for hydroxylation is 2. The highest BCUT2D eigenvalue weighted by Gasteiger charge is 2.33. The molecule has 0 bridgehead atoms. The molecule has 1 saturated heterocycles. The lowest BCUT2D eigenvalue weighted by atomic mass is 10.1. The average molecular weight is 475 g/mol. The second-order valence-corrected chi connectivity index (χ2v) is 8.72. The predicted molar refractivity (Wildman–Crippen MR) is 118 cm³/mol. The number of pyridine rings is 1. The van der Waals surface area contributed by atoms with E-state index in [4.69, 9.17) is 0 Å². The van der Waals surface area contributed by atoms with Crippen LogP contribution < -0.4 is 4.90 Å². The fourth-order valence-corrected chi connectivity index (χ4v) is 4.65. The van der Waals surface area contributed by atoms with Gasteiger partial charge in [0.2, 0.25) is 0 Å². The van der Waals surface area contributed by atoms with Gasteiger partial charge in [0.1, 0.15) is 0 Å². The van der Waals surface area contributed by atoms with Crippen molar-refractivity contribution < 1.29 is 22.8 Å². The highest BCUT2D eigenvalue weighted by molar-refractivity contribution is 7.17. The van der Waals surface area contributed by atoms with Gasteiger partial charge in [-0.3, -0.25) is 14.7 Å². The Morgan fingerprint density at radius 1 is 1.12 bits per heavy atom. The molecule has 3 aromatic rings. The van der Waals surface area contributed by atoms with Crippen LogP contribution in [0, 0.1) is 6.92 Å². The first kappa shape index (κ1) is 22.9. The van der Waals surface area contributed by atoms with E-state index in [0.717, 1.165) is 17.7 Å². The van der Waals surface area contributed by atoms with Gasteiger partial charge in [-0.25, -0.2) is 9.78 Å². The summed E-state index contributed by atoms with van der Waals surface area (Å²) in [5.41, 5.74) is 1.45. The molecular formula is C23H21F3N4O2S. The largest absolute Gasteiger partial charge is 0.416 e. The van der Waals surface area contributed by atoms with Crippen molar-refractivity contribution in [2.75, 3.05) is 18.0 Å². The Balaban J connectivity index is 1.40. The molecule has 1 aromatic carbocycles. The van der Waals surface area contributed by atoms with Crippen molar-refractivity contribution in [3.05, 3.63) is 76.1 Å². The van der Waals surface area contributed by atoms with Crippen molar-refractivity contribution in [1.82, 2.24) is 14.9 Å². The lowest BCUT2D eigenvalue weighted by Crippen LogP contribution is -2.31. The van der Waals surface area contributed by atoms with Crippen molar-refractivity contribution in [1.29, 1.82) is 0 Å². The smallest absolute Gasteiger partial charge is 0.318 e. The number of Topliss-reactive ketones (excluding diaryl/α,β-unsaturated/α-hetero) is 1. The number of carbonyl (C=O) groups excluding carboxylic acids is 2. The van der Waals surface area contributed by atoms with E-state index >= 15 is 0 Å². The number of halogens is 3. The topological polar surface area (TPSA) is 66.4 Å². The van der Waals surface area contributed by atoms with E-state index in [1.165, 1.54) is 28.4 Å². The average Bonchev–Trinajstić information content (AvgIpc) is 3.35. The number of amides is 2. The van der Waals surface area contributed by atoms with Crippen LogP contribution in [0.1, 0.15) is 38.5 Å². The Kier molecular flexibility index (Phi) is 6.46. The first-order valence-corrected chi connectivity index (χ1v) is 11.2. The number of rotatable bonds is 7. The third kappa shape index (κ3) is 5.22. The van der Waals surface area contributed by atoms with Gasteiger partial charge in [-0.15, -0.1) is 0 Å². The number of hydrogen-bond acceptors (Lipinski definition) is 5. The maximum absolute atomic E-state index is 12.9. The van der Waals surface area contributed by atoms with Crippen LogP contribution in [0.5, 0.6) is 0 Å². The molecule has 2 aromatic heterocycles. The van der Waals surface area contributed by atoms with Gasteiger partial charge in [0, 0.05) is 38.4 Å². The van der Waals surface area contributed by atoms with Crippen LogP contribution in [0.25, 0.3) is 0 Å². The van der Waals surface area contributed by atoms with Gasteiger partial charge in [-0.2, -0.15) is 13.2 Å². The van der Waals surface area contributed by atoms with Crippen molar-refractivity contribution in [2.45, 2.75) is 32.5 Å². The number of alkyl halides is 3. The number of anilines is 1. The third-order valence-electron chi connectivity index (χ3n) is 5.38. The van der Waals surface area contributed by atoms with Crippen LogP contribution in [-0.4, -0.2) is 39.8 Å². The number of ketones is 1. The van der Waals surface area contributed by atoms with E-state index in [2.05, 4.69) is 9.97 Å². The summed E-state index contributed by atoms with van der Waals surface area (Å²) < 4.78 is 38.2. The third-order valence-corrected chi connectivity index (χ3v) is 6.60. The molecule has 0 aliphatic carbocycles. The summed E-state index contributed by atoms with van der Waals surface area (Å²) in [6, 6.07) is 8.25. The van der Waals surface area contributed by atoms with Crippen molar-refractivity contribution in [3.8, 4) is 0 Å². The van der Waals surface area contributed by atoms with E-state index < -0.39 is 11.7 Å². The molecule has 1 aliphatic heterocycles. The van der Waals surface area contributed by atoms with E-state index in [0.29, 0.717) is 47.2 Å². The van der Waals surface area contributed by atoms with Crippen LogP contribution in [0.3, 0.4) is 0 Å². The minimum absolute atomic E-state index is 0.0339. The van der Waals surface area contributed by atoms with Gasteiger partial charge >= 0.3 is 12.2 Å². The molecule has 0 atom stereocenters. The normalized spacial score (nSPS) is 14.2. The Bertz CT molecular complexity index is 1150. The van der Waals surface area contributed by atoms with Crippen LogP contribution in [-0.2, 0) is 19.1 Å². The molecule has 3 heterocycles. The molecule has 1 aliphatic rings. The van der Waals surface area contributed by atoms with Crippen LogP contribution in [0.2, 0.25) is 0 Å². The molecule has 0 saturated carbocycles. The maximum Gasteiger partial charge on any atom is 0.416 e. The molecule has 1 fully saturated rings. The van der Waals surface area contributed by atoms with Gasteiger partial charge in [-0.05, 0) is 42.7 Å². The van der Waals surface area contributed by atoms with E-state index in [1.54, 1.807) is 24.2 Å². The second kappa shape index (κ2) is 9.30. The summed E-state index contributed by atoms with van der Waals surface area (Å²) in [6.07, 6.45) is -0.0923. The number of thiazole rings is 1. The lowest BCUT2D eigenvalue weighted by molar-refractivity contribution is -0.137. The van der Waals surface area contributed by atoms with Crippen molar-refractivity contribution >= 4 is 28.3 Å². The summed E-state index contributed by atoms with van der Waals surface area (Å²) in [7, 11) is 0. The molecular weight excluding hydrogens is 453 g/mol. The molecule has 6 nitrogen and oxygen atoms in total. The quantitative estimate of drug-likeness (QED) is 0.446. The van der Waals surface area contributed by atoms with Crippen LogP contribution >= 0.6 is 11.3 Å². The van der Waals surface area contributed by atoms with E-state index in [1.807, 2.05) is 12.1 Å². The SMILES string of the molecule is Cc1nc(N2CCN(Cc3ccc(C(F)(F)F)cc3)C2=O)sc1C(=O)CCc1cccnc1. The van der Waals surface area contributed by atoms with Gasteiger partial charge in [0.05, 0.1) is 16.1 Å². The Morgan fingerprint density at radius 2 is 1.88 bits per heavy atom. The predicted octanol–water partition coefficient (Wildman–Crippen LogP) is 5.12. The fraction of sp³-hybridized carbons (Fsp3) is 0.304. The number of urea groups is 1. The zero-order valence-corrected chi connectivity index (χ0v) is 18.6. The Labute approximate surface area is 192 Å². The Hall–Kier alpha value is -3.27. The molecule has 0 spiro atoms. The number of carbonyl (C=O) groups is 2. The first-order chi connectivity index (χ1) is 15.7. The lowest BCUT2D eigenvalue weighted by Gasteiger charge is -2.17. The summed E-state index contributed by atoms with van der Waals surface area (Å²) in [4.78, 5) is 37.7. The molecule has 10 heteroatoms. The number of nitrogens with zero attached hydrogens (tertiary/aromatic N) is 4. The zero-order valence-electron chi connectivity index (χ0n) is 17.8. The van der Waals surface area contributed by atoms with Crippen molar-refractivity contribution in [2.24, 2.45) is 0 Å². The van der Waals surface area contributed by atoms with Crippen molar-refractivity contribution in [3.63, 3.8) is 0 Å². The van der Waals surface area contributed by atoms with Gasteiger partial charge in [0.25, 0.3) is 0 Å². The fourth-order valence-electron chi connectivity index (χ4n) is 3.60. The second-order valence-electron chi connectivity index (χ2n) is 7.75. The molecule has 172 valence electrons. The van der Waals surface area contributed by atoms with Gasteiger partial charge in [0.15, 0.2) is 10.9 Å². The standard InChI is InChI=1S/C23H21F3N4O2S/c1-15-20(19(31)9-6-16-3-2-10-27-13-16)33-21(28-15)30-12-11-29(22(30)32)14-17-4-7-18(8-5-17)23(24,25)26/h2-5,7-8,10,13H,6,9,11-12,14H2,1H3. The maximum atomic E-state index is 12.9. The molecule has 2 amide bonds.